The van der Waals surface area contributed by atoms with Gasteiger partial charge in [0.1, 0.15) is 17.3 Å². The van der Waals surface area contributed by atoms with Gasteiger partial charge in [-0.2, -0.15) is 5.10 Å². The molecule has 0 bridgehead atoms. The molecule has 0 amide bonds. The molecule has 0 spiro atoms. The van der Waals surface area contributed by atoms with Gasteiger partial charge in [0.15, 0.2) is 0 Å². The van der Waals surface area contributed by atoms with Crippen LogP contribution in [0.25, 0.3) is 44.4 Å². The summed E-state index contributed by atoms with van der Waals surface area (Å²) in [7, 11) is 0. The first kappa shape index (κ1) is 31.4. The number of ether oxygens (including phenoxy) is 1. The Kier molecular flexibility index (Phi) is 7.95. The maximum absolute atomic E-state index is 6.75. The van der Waals surface area contributed by atoms with Crippen LogP contribution in [0.3, 0.4) is 0 Å². The minimum Gasteiger partial charge on any atom is -0.457 e. The summed E-state index contributed by atoms with van der Waals surface area (Å²) in [5.41, 5.74) is 11.4. The third-order valence-electron chi connectivity index (χ3n) is 9.16. The first-order valence-electron chi connectivity index (χ1n) is 16.9. The molecule has 0 aliphatic heterocycles. The van der Waals surface area contributed by atoms with E-state index < -0.39 is 0 Å². The molecular formula is C43H44N4O. The van der Waals surface area contributed by atoms with Gasteiger partial charge in [-0.05, 0) is 109 Å². The van der Waals surface area contributed by atoms with Crippen molar-refractivity contribution in [3.63, 3.8) is 0 Å². The normalized spacial score (nSPS) is 12.0. The number of rotatable bonds is 7. The summed E-state index contributed by atoms with van der Waals surface area (Å²) in [6, 6.07) is 34.5. The molecule has 0 saturated carbocycles. The van der Waals surface area contributed by atoms with E-state index in [1.54, 1.807) is 0 Å². The lowest BCUT2D eigenvalue weighted by Crippen LogP contribution is -2.10. The Balaban J connectivity index is 1.36. The summed E-state index contributed by atoms with van der Waals surface area (Å²) in [4.78, 5) is 4.80. The second-order valence-corrected chi connectivity index (χ2v) is 14.5. The molecule has 0 fully saturated rings. The lowest BCUT2D eigenvalue weighted by molar-refractivity contribution is 0.481. The van der Waals surface area contributed by atoms with Gasteiger partial charge in [0.05, 0.1) is 22.4 Å². The lowest BCUT2D eigenvalue weighted by atomic mass is 9.86. The van der Waals surface area contributed by atoms with Gasteiger partial charge < -0.3 is 4.74 Å². The molecule has 0 aliphatic rings. The van der Waals surface area contributed by atoms with E-state index in [4.69, 9.17) is 14.8 Å². The highest BCUT2D eigenvalue weighted by Crippen LogP contribution is 2.38. The number of fused-ring (bicyclic) bond motifs is 3. The number of nitrogens with zero attached hydrogens (tertiary/aromatic N) is 4. The summed E-state index contributed by atoms with van der Waals surface area (Å²) >= 11 is 0. The van der Waals surface area contributed by atoms with Gasteiger partial charge in [0.2, 0.25) is 0 Å². The Bertz CT molecular complexity index is 2280. The van der Waals surface area contributed by atoms with Crippen molar-refractivity contribution < 1.29 is 4.74 Å². The van der Waals surface area contributed by atoms with Crippen molar-refractivity contribution in [2.24, 2.45) is 5.92 Å². The number of aryl methyl sites for hydroxylation is 2. The smallest absolute Gasteiger partial charge is 0.137 e. The van der Waals surface area contributed by atoms with Crippen LogP contribution in [-0.4, -0.2) is 19.3 Å². The predicted octanol–water partition coefficient (Wildman–Crippen LogP) is 11.2. The van der Waals surface area contributed by atoms with Crippen molar-refractivity contribution in [3.8, 4) is 34.1 Å². The first-order chi connectivity index (χ1) is 23.0. The molecule has 0 saturated heterocycles. The van der Waals surface area contributed by atoms with Crippen LogP contribution >= 0.6 is 0 Å². The van der Waals surface area contributed by atoms with Gasteiger partial charge in [-0.25, -0.2) is 9.67 Å². The fraction of sp³-hybridized carbons (Fsp3) is 0.256. The maximum Gasteiger partial charge on any atom is 0.137 e. The molecule has 4 aromatic carbocycles. The molecule has 0 N–H and O–H groups in total. The Morgan fingerprint density at radius 3 is 2.27 bits per heavy atom. The van der Waals surface area contributed by atoms with Crippen LogP contribution in [0.5, 0.6) is 11.5 Å². The predicted molar refractivity (Wildman–Crippen MR) is 199 cm³/mol. The van der Waals surface area contributed by atoms with E-state index in [2.05, 4.69) is 156 Å². The average molecular weight is 633 g/mol. The number of hydrogen-bond donors (Lipinski definition) is 0. The highest BCUT2D eigenvalue weighted by atomic mass is 16.5. The topological polar surface area (TPSA) is 44.9 Å². The Hall–Kier alpha value is -5.16. The molecule has 5 nitrogen and oxygen atoms in total. The van der Waals surface area contributed by atoms with Crippen LogP contribution in [0.1, 0.15) is 62.7 Å². The van der Waals surface area contributed by atoms with Crippen LogP contribution in [-0.2, 0) is 11.8 Å². The van der Waals surface area contributed by atoms with Crippen LogP contribution < -0.4 is 4.74 Å². The maximum atomic E-state index is 6.75. The van der Waals surface area contributed by atoms with Gasteiger partial charge >= 0.3 is 0 Å². The monoisotopic (exact) mass is 632 g/mol. The van der Waals surface area contributed by atoms with E-state index in [1.165, 1.54) is 38.6 Å². The molecule has 242 valence electrons. The quantitative estimate of drug-likeness (QED) is 0.176. The van der Waals surface area contributed by atoms with Gasteiger partial charge in [-0.1, -0.05) is 71.0 Å². The number of hydrogen-bond acceptors (Lipinski definition) is 3. The number of benzene rings is 4. The largest absolute Gasteiger partial charge is 0.457 e. The van der Waals surface area contributed by atoms with Crippen LogP contribution in [0, 0.1) is 26.7 Å². The highest BCUT2D eigenvalue weighted by Gasteiger charge is 2.20. The van der Waals surface area contributed by atoms with E-state index >= 15 is 0 Å². The van der Waals surface area contributed by atoms with Crippen molar-refractivity contribution in [1.29, 1.82) is 0 Å². The zero-order valence-corrected chi connectivity index (χ0v) is 29.3. The lowest BCUT2D eigenvalue weighted by Gasteiger charge is -2.19. The van der Waals surface area contributed by atoms with Crippen LogP contribution in [0.2, 0.25) is 0 Å². The molecule has 0 unspecified atom stereocenters. The molecule has 0 aliphatic carbocycles. The Labute approximate surface area is 283 Å². The second-order valence-electron chi connectivity index (χ2n) is 14.5. The van der Waals surface area contributed by atoms with Gasteiger partial charge in [0, 0.05) is 40.4 Å². The first-order valence-corrected chi connectivity index (χ1v) is 16.9. The van der Waals surface area contributed by atoms with E-state index in [0.717, 1.165) is 51.8 Å². The van der Waals surface area contributed by atoms with Crippen molar-refractivity contribution >= 4 is 21.8 Å². The third-order valence-corrected chi connectivity index (χ3v) is 9.16. The zero-order valence-electron chi connectivity index (χ0n) is 29.3. The summed E-state index contributed by atoms with van der Waals surface area (Å²) in [5.74, 6) is 2.97. The van der Waals surface area contributed by atoms with Crippen molar-refractivity contribution in [3.05, 3.63) is 131 Å². The molecule has 3 aromatic heterocycles. The van der Waals surface area contributed by atoms with Crippen LogP contribution in [0.15, 0.2) is 103 Å². The molecule has 0 radical (unpaired) electrons. The highest BCUT2D eigenvalue weighted by molar-refractivity contribution is 6.09. The summed E-state index contributed by atoms with van der Waals surface area (Å²) < 4.78 is 11.1. The van der Waals surface area contributed by atoms with E-state index in [9.17, 15) is 0 Å². The Morgan fingerprint density at radius 2 is 1.54 bits per heavy atom. The molecule has 7 aromatic rings. The van der Waals surface area contributed by atoms with E-state index in [1.807, 2.05) is 12.3 Å². The molecule has 3 heterocycles. The minimum absolute atomic E-state index is 0.0410. The second kappa shape index (κ2) is 12.1. The average Bonchev–Trinajstić information content (AvgIpc) is 3.52. The van der Waals surface area contributed by atoms with Crippen molar-refractivity contribution in [1.82, 2.24) is 19.3 Å². The Morgan fingerprint density at radius 1 is 0.750 bits per heavy atom. The van der Waals surface area contributed by atoms with Gasteiger partial charge in [-0.15, -0.1) is 0 Å². The SMILES string of the molecule is Cc1ccnc(-n2c3ccc(C(C)(C)C)cc3c3ccc(Oc4cc(CC(C)C)cc(-n5nc(C)c(-c6ccccc6)c5C)c4)cc32)c1. The van der Waals surface area contributed by atoms with Gasteiger partial charge in [0.25, 0.3) is 0 Å². The number of pyridine rings is 1. The van der Waals surface area contributed by atoms with Crippen molar-refractivity contribution in [2.45, 2.75) is 67.2 Å². The fourth-order valence-electron chi connectivity index (χ4n) is 6.89. The van der Waals surface area contributed by atoms with Crippen molar-refractivity contribution in [2.75, 3.05) is 0 Å². The fourth-order valence-corrected chi connectivity index (χ4v) is 6.89. The van der Waals surface area contributed by atoms with E-state index in [-0.39, 0.29) is 5.41 Å². The molecule has 7 rings (SSSR count). The zero-order chi connectivity index (χ0) is 33.7. The summed E-state index contributed by atoms with van der Waals surface area (Å²) in [5, 5.41) is 7.41. The number of aromatic nitrogens is 4. The molecule has 0 atom stereocenters. The molecule has 48 heavy (non-hydrogen) atoms. The molecule has 5 heteroatoms. The minimum atomic E-state index is 0.0410. The van der Waals surface area contributed by atoms with Crippen LogP contribution in [0.4, 0.5) is 0 Å². The third kappa shape index (κ3) is 5.90. The summed E-state index contributed by atoms with van der Waals surface area (Å²) in [6.07, 6.45) is 2.83. The summed E-state index contributed by atoms with van der Waals surface area (Å²) in [6.45, 7) is 17.6. The standard InChI is InChI=1S/C43H44N4O/c1-27(2)20-31-22-34(47-30(5)42(29(4)45-47)32-12-10-9-11-13-32)25-36(23-31)48-35-15-16-37-38-24-33(43(6,7)8)14-17-39(38)46(40(37)26-35)41-21-28(3)18-19-44-41/h9-19,21-27H,20H2,1-8H3. The van der Waals surface area contributed by atoms with Gasteiger partial charge in [-0.3, -0.25) is 4.57 Å². The van der Waals surface area contributed by atoms with E-state index in [0.29, 0.717) is 5.92 Å². The molecular weight excluding hydrogens is 589 g/mol.